The Bertz CT molecular complexity index is 421. The molecule has 0 aliphatic carbocycles. The summed E-state index contributed by atoms with van der Waals surface area (Å²) >= 11 is 0. The molecule has 1 atom stereocenters. The van der Waals surface area contributed by atoms with Gasteiger partial charge >= 0.3 is 5.97 Å². The lowest BCUT2D eigenvalue weighted by atomic mass is 10.1. The van der Waals surface area contributed by atoms with Crippen molar-refractivity contribution in [1.29, 1.82) is 0 Å². The first-order chi connectivity index (χ1) is 9.08. The summed E-state index contributed by atoms with van der Waals surface area (Å²) in [5.74, 6) is 0.102. The van der Waals surface area contributed by atoms with Crippen LogP contribution in [0.5, 0.6) is 11.5 Å². The molecule has 19 heavy (non-hydrogen) atoms. The predicted octanol–water partition coefficient (Wildman–Crippen LogP) is 0.281. The number of nitrogens with one attached hydrogen (secondary N) is 1. The molecular formula is C13H19NO5. The van der Waals surface area contributed by atoms with Crippen molar-refractivity contribution in [3.63, 3.8) is 0 Å². The van der Waals surface area contributed by atoms with E-state index >= 15 is 0 Å². The van der Waals surface area contributed by atoms with Crippen LogP contribution in [0, 0.1) is 0 Å². The average molecular weight is 269 g/mol. The van der Waals surface area contributed by atoms with Gasteiger partial charge in [0.1, 0.15) is 0 Å². The molecule has 3 N–H and O–H groups in total. The molecular weight excluding hydrogens is 250 g/mol. The highest BCUT2D eigenvalue weighted by Gasteiger charge is 2.11. The second-order valence-electron chi connectivity index (χ2n) is 4.00. The lowest BCUT2D eigenvalue weighted by Gasteiger charge is -2.10. The van der Waals surface area contributed by atoms with Gasteiger partial charge in [0.05, 0.1) is 14.2 Å². The molecule has 1 aromatic rings. The van der Waals surface area contributed by atoms with E-state index in [1.54, 1.807) is 14.2 Å². The topological polar surface area (TPSA) is 88.0 Å². The molecule has 1 rings (SSSR count). The monoisotopic (exact) mass is 269 g/mol. The quantitative estimate of drug-likeness (QED) is 0.588. The molecule has 0 aromatic heterocycles. The van der Waals surface area contributed by atoms with E-state index in [-0.39, 0.29) is 6.54 Å². The summed E-state index contributed by atoms with van der Waals surface area (Å²) in [7, 11) is 3.15. The van der Waals surface area contributed by atoms with Gasteiger partial charge in [-0.1, -0.05) is 6.07 Å². The standard InChI is InChI=1S/C13H19NO5/c1-18-11-4-3-9(7-12(11)19-2)5-6-14-8-10(15)13(16)17/h3-4,7,10,14-15H,5-6,8H2,1-2H3,(H,16,17)/t10-/m0/s1. The molecule has 0 amide bonds. The first-order valence-electron chi connectivity index (χ1n) is 5.91. The summed E-state index contributed by atoms with van der Waals surface area (Å²) in [6.45, 7) is 0.600. The summed E-state index contributed by atoms with van der Waals surface area (Å²) in [4.78, 5) is 10.4. The van der Waals surface area contributed by atoms with Crippen LogP contribution >= 0.6 is 0 Å². The minimum absolute atomic E-state index is 0.0304. The lowest BCUT2D eigenvalue weighted by molar-refractivity contribution is -0.146. The van der Waals surface area contributed by atoms with E-state index in [9.17, 15) is 4.79 Å². The first-order valence-corrected chi connectivity index (χ1v) is 5.91. The van der Waals surface area contributed by atoms with Gasteiger partial charge in [0.15, 0.2) is 17.6 Å². The number of aliphatic hydroxyl groups excluding tert-OH is 1. The molecule has 0 unspecified atom stereocenters. The number of carboxylic acids is 1. The zero-order valence-electron chi connectivity index (χ0n) is 11.0. The fourth-order valence-corrected chi connectivity index (χ4v) is 1.59. The zero-order valence-corrected chi connectivity index (χ0v) is 11.0. The summed E-state index contributed by atoms with van der Waals surface area (Å²) < 4.78 is 10.3. The fraction of sp³-hybridized carbons (Fsp3) is 0.462. The molecule has 1 aromatic carbocycles. The van der Waals surface area contributed by atoms with Crippen LogP contribution in [0.2, 0.25) is 0 Å². The number of hydrogen-bond acceptors (Lipinski definition) is 5. The van der Waals surface area contributed by atoms with Crippen LogP contribution < -0.4 is 14.8 Å². The third-order valence-electron chi connectivity index (χ3n) is 2.66. The Kier molecular flexibility index (Phi) is 6.11. The number of aliphatic carboxylic acids is 1. The molecule has 6 nitrogen and oxygen atoms in total. The van der Waals surface area contributed by atoms with Crippen molar-refractivity contribution in [2.45, 2.75) is 12.5 Å². The van der Waals surface area contributed by atoms with Gasteiger partial charge in [0, 0.05) is 6.54 Å². The molecule has 106 valence electrons. The van der Waals surface area contributed by atoms with Crippen molar-refractivity contribution in [3.8, 4) is 11.5 Å². The van der Waals surface area contributed by atoms with Gasteiger partial charge < -0.3 is 25.0 Å². The second kappa shape index (κ2) is 7.60. The van der Waals surface area contributed by atoms with Gasteiger partial charge in [-0.3, -0.25) is 0 Å². The van der Waals surface area contributed by atoms with E-state index in [1.807, 2.05) is 18.2 Å². The number of carbonyl (C=O) groups is 1. The molecule has 0 radical (unpaired) electrons. The Hall–Kier alpha value is -1.79. The van der Waals surface area contributed by atoms with Crippen molar-refractivity contribution in [3.05, 3.63) is 23.8 Å². The van der Waals surface area contributed by atoms with Crippen LogP contribution in [0.4, 0.5) is 0 Å². The van der Waals surface area contributed by atoms with Crippen LogP contribution in [-0.2, 0) is 11.2 Å². The minimum Gasteiger partial charge on any atom is -0.493 e. The maximum absolute atomic E-state index is 10.4. The Morgan fingerprint density at radius 1 is 1.32 bits per heavy atom. The molecule has 6 heteroatoms. The second-order valence-corrected chi connectivity index (χ2v) is 4.00. The number of ether oxygens (including phenoxy) is 2. The Labute approximate surface area is 112 Å². The molecule has 0 fully saturated rings. The van der Waals surface area contributed by atoms with Crippen LogP contribution in [-0.4, -0.2) is 49.6 Å². The largest absolute Gasteiger partial charge is 0.493 e. The van der Waals surface area contributed by atoms with Crippen molar-refractivity contribution in [2.75, 3.05) is 27.3 Å². The van der Waals surface area contributed by atoms with Crippen molar-refractivity contribution in [1.82, 2.24) is 5.32 Å². The number of methoxy groups -OCH3 is 2. The van der Waals surface area contributed by atoms with E-state index in [0.717, 1.165) is 5.56 Å². The molecule has 0 heterocycles. The normalized spacial score (nSPS) is 11.9. The van der Waals surface area contributed by atoms with Crippen LogP contribution in [0.25, 0.3) is 0 Å². The summed E-state index contributed by atoms with van der Waals surface area (Å²) in [6.07, 6.45) is -0.669. The zero-order chi connectivity index (χ0) is 14.3. The SMILES string of the molecule is COc1ccc(CCNC[C@H](O)C(=O)O)cc1OC. The highest BCUT2D eigenvalue weighted by molar-refractivity contribution is 5.72. The molecule has 0 aliphatic rings. The molecule has 0 spiro atoms. The van der Waals surface area contributed by atoms with Gasteiger partial charge in [-0.15, -0.1) is 0 Å². The van der Waals surface area contributed by atoms with E-state index in [1.165, 1.54) is 0 Å². The minimum atomic E-state index is -1.37. The summed E-state index contributed by atoms with van der Waals surface area (Å²) in [5, 5.41) is 20.5. The van der Waals surface area contributed by atoms with Crippen molar-refractivity contribution in [2.24, 2.45) is 0 Å². The average Bonchev–Trinajstić information content (AvgIpc) is 2.42. The van der Waals surface area contributed by atoms with Crippen molar-refractivity contribution >= 4 is 5.97 Å². The smallest absolute Gasteiger partial charge is 0.333 e. The van der Waals surface area contributed by atoms with Gasteiger partial charge in [0.2, 0.25) is 0 Å². The Morgan fingerprint density at radius 3 is 2.58 bits per heavy atom. The highest BCUT2D eigenvalue weighted by Crippen LogP contribution is 2.27. The molecule has 0 bridgehead atoms. The van der Waals surface area contributed by atoms with Gasteiger partial charge in [-0.05, 0) is 30.7 Å². The number of hydrogen-bond donors (Lipinski definition) is 3. The number of aliphatic hydroxyl groups is 1. The van der Waals surface area contributed by atoms with Gasteiger partial charge in [-0.25, -0.2) is 4.79 Å². The van der Waals surface area contributed by atoms with E-state index < -0.39 is 12.1 Å². The first kappa shape index (κ1) is 15.3. The van der Waals surface area contributed by atoms with Crippen LogP contribution in [0.1, 0.15) is 5.56 Å². The van der Waals surface area contributed by atoms with E-state index in [4.69, 9.17) is 19.7 Å². The summed E-state index contributed by atoms with van der Waals surface area (Å²) in [6, 6.07) is 5.60. The molecule has 0 saturated carbocycles. The van der Waals surface area contributed by atoms with E-state index in [0.29, 0.717) is 24.5 Å². The van der Waals surface area contributed by atoms with E-state index in [2.05, 4.69) is 5.32 Å². The number of carboxylic acid groups (broad SMARTS) is 1. The molecule has 0 saturated heterocycles. The maximum atomic E-state index is 10.4. The number of rotatable bonds is 8. The molecule has 0 aliphatic heterocycles. The highest BCUT2D eigenvalue weighted by atomic mass is 16.5. The van der Waals surface area contributed by atoms with Crippen LogP contribution in [0.3, 0.4) is 0 Å². The van der Waals surface area contributed by atoms with Gasteiger partial charge in [0.25, 0.3) is 0 Å². The Balaban J connectivity index is 2.43. The van der Waals surface area contributed by atoms with Crippen LogP contribution in [0.15, 0.2) is 18.2 Å². The van der Waals surface area contributed by atoms with Crippen molar-refractivity contribution < 1.29 is 24.5 Å². The fourth-order valence-electron chi connectivity index (χ4n) is 1.59. The third kappa shape index (κ3) is 4.76. The maximum Gasteiger partial charge on any atom is 0.333 e. The predicted molar refractivity (Wildman–Crippen MR) is 69.8 cm³/mol. The Morgan fingerprint density at radius 2 is 2.00 bits per heavy atom. The number of benzene rings is 1. The summed E-state index contributed by atoms with van der Waals surface area (Å²) in [5.41, 5.74) is 1.04. The third-order valence-corrected chi connectivity index (χ3v) is 2.66. The van der Waals surface area contributed by atoms with Gasteiger partial charge in [-0.2, -0.15) is 0 Å². The lowest BCUT2D eigenvalue weighted by Crippen LogP contribution is -2.33.